The molecular formula is C23H24FN3O2. The van der Waals surface area contributed by atoms with Crippen LogP contribution in [0.5, 0.6) is 0 Å². The number of hydrogen-bond acceptors (Lipinski definition) is 2. The first-order chi connectivity index (χ1) is 13.9. The molecule has 0 spiro atoms. The number of benzene rings is 2. The number of carbonyl (C=O) groups is 2. The van der Waals surface area contributed by atoms with Crippen LogP contribution < -0.4 is 5.43 Å². The first kappa shape index (κ1) is 20.3. The normalized spacial score (nSPS) is 11.3. The van der Waals surface area contributed by atoms with Crippen LogP contribution in [-0.4, -0.2) is 27.4 Å². The fraction of sp³-hybridized carbons (Fsp3) is 0.217. The Morgan fingerprint density at radius 2 is 1.93 bits per heavy atom. The van der Waals surface area contributed by atoms with Crippen molar-refractivity contribution in [2.75, 3.05) is 0 Å². The second-order valence-corrected chi connectivity index (χ2v) is 6.97. The molecule has 0 aliphatic rings. The number of hydrazine groups is 1. The van der Waals surface area contributed by atoms with Gasteiger partial charge in [-0.2, -0.15) is 0 Å². The summed E-state index contributed by atoms with van der Waals surface area (Å²) in [5.41, 5.74) is 4.75. The predicted octanol–water partition coefficient (Wildman–Crippen LogP) is 4.40. The molecule has 150 valence electrons. The summed E-state index contributed by atoms with van der Waals surface area (Å²) in [6.07, 6.45) is 5.19. The molecule has 0 bridgehead atoms. The van der Waals surface area contributed by atoms with E-state index < -0.39 is 11.7 Å². The molecule has 2 amide bonds. The van der Waals surface area contributed by atoms with Crippen molar-refractivity contribution in [3.8, 4) is 0 Å². The Balaban J connectivity index is 1.81. The van der Waals surface area contributed by atoms with E-state index in [1.807, 2.05) is 30.5 Å². The fourth-order valence-corrected chi connectivity index (χ4v) is 3.15. The van der Waals surface area contributed by atoms with E-state index in [-0.39, 0.29) is 17.5 Å². The third kappa shape index (κ3) is 4.54. The van der Waals surface area contributed by atoms with Gasteiger partial charge in [-0.15, -0.1) is 0 Å². The second-order valence-electron chi connectivity index (χ2n) is 6.97. The van der Waals surface area contributed by atoms with Crippen molar-refractivity contribution in [1.29, 1.82) is 0 Å². The molecule has 5 nitrogen and oxygen atoms in total. The van der Waals surface area contributed by atoms with Crippen molar-refractivity contribution in [2.45, 2.75) is 33.4 Å². The first-order valence-corrected chi connectivity index (χ1v) is 9.56. The van der Waals surface area contributed by atoms with Gasteiger partial charge in [0, 0.05) is 46.9 Å². The number of nitrogens with one attached hydrogen (secondary N) is 1. The third-order valence-electron chi connectivity index (χ3n) is 4.63. The highest BCUT2D eigenvalue weighted by Crippen LogP contribution is 2.22. The number of aryl methyl sites for hydroxylation is 1. The molecule has 1 heterocycles. The zero-order valence-corrected chi connectivity index (χ0v) is 16.7. The van der Waals surface area contributed by atoms with Crippen LogP contribution in [0.2, 0.25) is 0 Å². The molecule has 0 aliphatic carbocycles. The number of nitrogens with zero attached hydrogens (tertiary/aromatic N) is 2. The van der Waals surface area contributed by atoms with Gasteiger partial charge in [-0.25, -0.2) is 9.40 Å². The molecule has 6 heteroatoms. The minimum Gasteiger partial charge on any atom is -0.347 e. The van der Waals surface area contributed by atoms with Crippen molar-refractivity contribution >= 4 is 28.8 Å². The number of halogens is 1. The van der Waals surface area contributed by atoms with Gasteiger partial charge >= 0.3 is 0 Å². The number of aromatic nitrogens is 1. The summed E-state index contributed by atoms with van der Waals surface area (Å²) in [6.45, 7) is 6.47. The third-order valence-corrected chi connectivity index (χ3v) is 4.63. The van der Waals surface area contributed by atoms with E-state index in [4.69, 9.17) is 0 Å². The average molecular weight is 393 g/mol. The van der Waals surface area contributed by atoms with Crippen LogP contribution in [0.4, 0.5) is 4.39 Å². The van der Waals surface area contributed by atoms with E-state index in [2.05, 4.69) is 16.9 Å². The lowest BCUT2D eigenvalue weighted by molar-refractivity contribution is -0.130. The van der Waals surface area contributed by atoms with Crippen molar-refractivity contribution in [3.05, 3.63) is 77.7 Å². The summed E-state index contributed by atoms with van der Waals surface area (Å²) in [4.78, 5) is 25.2. The quantitative estimate of drug-likeness (QED) is 0.516. The fourth-order valence-electron chi connectivity index (χ4n) is 3.15. The van der Waals surface area contributed by atoms with Gasteiger partial charge in [0.15, 0.2) is 0 Å². The maximum Gasteiger partial charge on any atom is 0.269 e. The van der Waals surface area contributed by atoms with E-state index in [0.717, 1.165) is 29.1 Å². The number of fused-ring (bicyclic) bond motifs is 1. The summed E-state index contributed by atoms with van der Waals surface area (Å²) in [6, 6.07) is 13.1. The van der Waals surface area contributed by atoms with E-state index in [1.54, 1.807) is 19.9 Å². The summed E-state index contributed by atoms with van der Waals surface area (Å²) in [7, 11) is 0. The Kier molecular flexibility index (Phi) is 6.12. The molecule has 0 radical (unpaired) electrons. The zero-order chi connectivity index (χ0) is 21.0. The van der Waals surface area contributed by atoms with Crippen molar-refractivity contribution in [2.24, 2.45) is 0 Å². The lowest BCUT2D eigenvalue weighted by atomic mass is 10.1. The summed E-state index contributed by atoms with van der Waals surface area (Å²) < 4.78 is 15.5. The molecule has 0 aliphatic heterocycles. The Bertz CT molecular complexity index is 1070. The van der Waals surface area contributed by atoms with Gasteiger partial charge in [-0.05, 0) is 51.1 Å². The zero-order valence-electron chi connectivity index (χ0n) is 16.7. The minimum absolute atomic E-state index is 0.151. The highest BCUT2D eigenvalue weighted by Gasteiger charge is 2.19. The number of amides is 2. The maximum atomic E-state index is 13.4. The smallest absolute Gasteiger partial charge is 0.269 e. The second kappa shape index (κ2) is 8.73. The predicted molar refractivity (Wildman–Crippen MR) is 112 cm³/mol. The summed E-state index contributed by atoms with van der Waals surface area (Å²) >= 11 is 0. The Labute approximate surface area is 169 Å². The number of carbonyl (C=O) groups excluding carboxylic acids is 2. The molecule has 0 fully saturated rings. The van der Waals surface area contributed by atoms with Gasteiger partial charge in [0.25, 0.3) is 11.8 Å². The van der Waals surface area contributed by atoms with Crippen molar-refractivity contribution in [1.82, 2.24) is 15.0 Å². The molecule has 0 saturated carbocycles. The van der Waals surface area contributed by atoms with Crippen LogP contribution in [0.3, 0.4) is 0 Å². The monoisotopic (exact) mass is 393 g/mol. The van der Waals surface area contributed by atoms with Crippen LogP contribution in [0.15, 0.2) is 60.8 Å². The van der Waals surface area contributed by atoms with Gasteiger partial charge in [0.05, 0.1) is 0 Å². The molecule has 0 unspecified atom stereocenters. The molecule has 1 aromatic heterocycles. The molecule has 3 aromatic rings. The topological polar surface area (TPSA) is 54.3 Å². The van der Waals surface area contributed by atoms with Gasteiger partial charge in [-0.3, -0.25) is 15.0 Å². The molecule has 1 N–H and O–H groups in total. The molecule has 29 heavy (non-hydrogen) atoms. The van der Waals surface area contributed by atoms with Gasteiger partial charge in [0.1, 0.15) is 5.82 Å². The van der Waals surface area contributed by atoms with Crippen molar-refractivity contribution < 1.29 is 14.0 Å². The van der Waals surface area contributed by atoms with Crippen LogP contribution in [0.1, 0.15) is 36.7 Å². The standard InChI is InChI=1S/C23H24FN3O2/c1-4-26-15-18(20-10-5-6-11-21(20)26)12-13-22(28)27(16(2)3)25-23(29)17-8-7-9-19(24)14-17/h5-16H,4H2,1-3H3,(H,25,29). The Morgan fingerprint density at radius 1 is 1.17 bits per heavy atom. The van der Waals surface area contributed by atoms with Gasteiger partial charge in [-0.1, -0.05) is 24.3 Å². The summed E-state index contributed by atoms with van der Waals surface area (Å²) in [5.74, 6) is -1.41. The molecule has 0 atom stereocenters. The molecule has 3 rings (SSSR count). The number of para-hydroxylation sites is 1. The highest BCUT2D eigenvalue weighted by atomic mass is 19.1. The minimum atomic E-state index is -0.539. The summed E-state index contributed by atoms with van der Waals surface area (Å²) in [5, 5.41) is 2.29. The van der Waals surface area contributed by atoms with Gasteiger partial charge in [0.2, 0.25) is 0 Å². The maximum absolute atomic E-state index is 13.4. The molecule has 0 saturated heterocycles. The van der Waals surface area contributed by atoms with Gasteiger partial charge < -0.3 is 4.57 Å². The van der Waals surface area contributed by atoms with E-state index in [1.165, 1.54) is 29.3 Å². The average Bonchev–Trinajstić information content (AvgIpc) is 3.07. The van der Waals surface area contributed by atoms with Crippen LogP contribution in [0, 0.1) is 5.82 Å². The number of hydrogen-bond donors (Lipinski definition) is 1. The number of rotatable bonds is 5. The van der Waals surface area contributed by atoms with E-state index in [0.29, 0.717) is 0 Å². The Hall–Kier alpha value is -3.41. The van der Waals surface area contributed by atoms with Crippen LogP contribution in [0.25, 0.3) is 17.0 Å². The highest BCUT2D eigenvalue weighted by molar-refractivity contribution is 5.99. The lowest BCUT2D eigenvalue weighted by Gasteiger charge is -2.25. The van der Waals surface area contributed by atoms with Crippen LogP contribution >= 0.6 is 0 Å². The van der Waals surface area contributed by atoms with Crippen LogP contribution in [-0.2, 0) is 11.3 Å². The SMILES string of the molecule is CCn1cc(C=CC(=O)N(NC(=O)c2cccc(F)c2)C(C)C)c2ccccc21. The lowest BCUT2D eigenvalue weighted by Crippen LogP contribution is -2.49. The van der Waals surface area contributed by atoms with E-state index in [9.17, 15) is 14.0 Å². The van der Waals surface area contributed by atoms with E-state index >= 15 is 0 Å². The largest absolute Gasteiger partial charge is 0.347 e. The Morgan fingerprint density at radius 3 is 2.62 bits per heavy atom. The molecule has 2 aromatic carbocycles. The molecular weight excluding hydrogens is 369 g/mol. The first-order valence-electron chi connectivity index (χ1n) is 9.56. The van der Waals surface area contributed by atoms with Crippen molar-refractivity contribution in [3.63, 3.8) is 0 Å².